The van der Waals surface area contributed by atoms with Crippen molar-refractivity contribution in [1.82, 2.24) is 19.5 Å². The molecule has 4 heterocycles. The van der Waals surface area contributed by atoms with E-state index in [2.05, 4.69) is 28.3 Å². The number of aromatic nitrogens is 4. The maximum atomic E-state index is 12.1. The van der Waals surface area contributed by atoms with E-state index in [1.807, 2.05) is 0 Å². The van der Waals surface area contributed by atoms with Crippen molar-refractivity contribution in [3.05, 3.63) is 23.0 Å². The molecule has 2 aliphatic heterocycles. The van der Waals surface area contributed by atoms with Gasteiger partial charge in [-0.15, -0.1) is 0 Å². The topological polar surface area (TPSA) is 291 Å². The number of nitrogens with zero attached hydrogens (tertiary/aromatic N) is 3. The molecule has 2 fully saturated rings. The SMILES string of the molecule is C[C@@H]1O[C@H](OP(=O)([O-])OP(=O)([O-])OC[C@H]2O[C@@H](n3cnc4c(=O)[nH]cnc43)[C@H](O)[C@@H]2O)[C@@H](O)[C@@H](O)[C@H]1O.[Na+].[Na+]. The number of fused-ring (bicyclic) bond motifs is 1. The number of aliphatic hydroxyl groups excluding tert-OH is 5. The molecular weight excluding hydrogens is 596 g/mol. The van der Waals surface area contributed by atoms with Crippen LogP contribution in [0.5, 0.6) is 0 Å². The van der Waals surface area contributed by atoms with Gasteiger partial charge in [0, 0.05) is 0 Å². The van der Waals surface area contributed by atoms with Gasteiger partial charge in [-0.05, 0) is 6.92 Å². The van der Waals surface area contributed by atoms with E-state index >= 15 is 0 Å². The van der Waals surface area contributed by atoms with Crippen LogP contribution in [-0.4, -0.2) is 101 Å². The Kier molecular flexibility index (Phi) is 12.5. The van der Waals surface area contributed by atoms with E-state index in [9.17, 15) is 49.2 Å². The van der Waals surface area contributed by atoms with Crippen molar-refractivity contribution in [1.29, 1.82) is 0 Å². The van der Waals surface area contributed by atoms with Crippen LogP contribution in [0.4, 0.5) is 0 Å². The first-order chi connectivity index (χ1) is 17.2. The molecular formula is C16H22N4Na2O15P2. The van der Waals surface area contributed by atoms with E-state index in [0.29, 0.717) is 0 Å². The number of phosphoric acid groups is 2. The zero-order chi connectivity index (χ0) is 27.3. The van der Waals surface area contributed by atoms with Gasteiger partial charge in [0.25, 0.3) is 21.2 Å². The largest absolute Gasteiger partial charge is 1.00 e. The van der Waals surface area contributed by atoms with Crippen LogP contribution in [0, 0.1) is 0 Å². The number of rotatable bonds is 8. The van der Waals surface area contributed by atoms with Gasteiger partial charge in [-0.1, -0.05) is 0 Å². The second-order valence-electron chi connectivity index (χ2n) is 8.16. The van der Waals surface area contributed by atoms with E-state index in [0.717, 1.165) is 17.2 Å². The summed E-state index contributed by atoms with van der Waals surface area (Å²) >= 11 is 0. The van der Waals surface area contributed by atoms with Gasteiger partial charge in [0.05, 0.1) is 25.4 Å². The zero-order valence-corrected chi connectivity index (χ0v) is 26.4. The molecule has 0 spiro atoms. The Morgan fingerprint density at radius 3 is 2.33 bits per heavy atom. The van der Waals surface area contributed by atoms with E-state index in [-0.39, 0.29) is 70.3 Å². The standard InChI is InChI=1S/C16H24N4O15P2.2Na/c1-5-8(21)10(23)12(25)16(32-5)34-37(29,30)35-36(27,28)31-2-6-9(22)11(24)15(33-6)20-4-19-7-13(20)17-3-18-14(7)26;;/h3-6,8-12,15-16,21-25H,2H2,1H3,(H,27,28)(H,29,30)(H,17,18,26);;/q;2*+1/p-2/t5-,6+,8-,9+,10-,11+,12-,15+,16+;;/m0../s1. The minimum absolute atomic E-state index is 0. The van der Waals surface area contributed by atoms with Gasteiger partial charge >= 0.3 is 59.1 Å². The van der Waals surface area contributed by atoms with Crippen molar-refractivity contribution in [3.8, 4) is 0 Å². The van der Waals surface area contributed by atoms with Crippen molar-refractivity contribution in [2.24, 2.45) is 0 Å². The van der Waals surface area contributed by atoms with E-state index in [4.69, 9.17) is 9.47 Å². The van der Waals surface area contributed by atoms with Crippen LogP contribution in [0.3, 0.4) is 0 Å². The maximum Gasteiger partial charge on any atom is 1.00 e. The number of hydrogen-bond donors (Lipinski definition) is 6. The van der Waals surface area contributed by atoms with Gasteiger partial charge in [0.15, 0.2) is 23.7 Å². The second-order valence-corrected chi connectivity index (χ2v) is 11.1. The Labute approximate surface area is 262 Å². The predicted octanol–water partition coefficient (Wildman–Crippen LogP) is -10.4. The molecule has 19 nitrogen and oxygen atoms in total. The van der Waals surface area contributed by atoms with Crippen LogP contribution >= 0.6 is 15.6 Å². The minimum Gasteiger partial charge on any atom is -0.756 e. The number of nitrogens with one attached hydrogen (secondary N) is 1. The summed E-state index contributed by atoms with van der Waals surface area (Å²) in [6, 6.07) is 0. The van der Waals surface area contributed by atoms with Gasteiger partial charge in [-0.25, -0.2) is 14.3 Å². The van der Waals surface area contributed by atoms with E-state index in [1.165, 1.54) is 6.92 Å². The van der Waals surface area contributed by atoms with Crippen molar-refractivity contribution in [2.75, 3.05) is 6.61 Å². The van der Waals surface area contributed by atoms with Gasteiger partial charge in [-0.3, -0.25) is 23.0 Å². The van der Waals surface area contributed by atoms with Crippen LogP contribution in [0.2, 0.25) is 0 Å². The van der Waals surface area contributed by atoms with Crippen molar-refractivity contribution < 1.29 is 126 Å². The molecule has 0 radical (unpaired) electrons. The molecule has 208 valence electrons. The smallest absolute Gasteiger partial charge is 0.756 e. The molecule has 23 heteroatoms. The third-order valence-corrected chi connectivity index (χ3v) is 8.15. The van der Waals surface area contributed by atoms with Gasteiger partial charge in [-0.2, -0.15) is 0 Å². The first-order valence-electron chi connectivity index (χ1n) is 10.5. The molecule has 0 aromatic carbocycles. The third kappa shape index (κ3) is 7.84. The minimum atomic E-state index is -5.80. The number of hydrogen-bond acceptors (Lipinski definition) is 17. The van der Waals surface area contributed by atoms with Crippen LogP contribution < -0.4 is 74.5 Å². The molecule has 0 saturated carbocycles. The summed E-state index contributed by atoms with van der Waals surface area (Å²) in [5, 5.41) is 49.8. The fraction of sp³-hybridized carbons (Fsp3) is 0.688. The Morgan fingerprint density at radius 2 is 1.67 bits per heavy atom. The molecule has 2 aromatic rings. The molecule has 2 saturated heterocycles. The van der Waals surface area contributed by atoms with E-state index < -0.39 is 83.1 Å². The summed E-state index contributed by atoms with van der Waals surface area (Å²) in [5.41, 5.74) is -0.695. The molecule has 2 aromatic heterocycles. The number of phosphoric ester groups is 2. The number of aliphatic hydroxyl groups is 5. The first-order valence-corrected chi connectivity index (χ1v) is 13.4. The number of imidazole rings is 1. The summed E-state index contributed by atoms with van der Waals surface area (Å²) in [4.78, 5) is 46.0. The summed E-state index contributed by atoms with van der Waals surface area (Å²) in [7, 11) is -11.5. The Hall–Kier alpha value is 0.330. The van der Waals surface area contributed by atoms with Gasteiger partial charge in [0.2, 0.25) is 0 Å². The molecule has 0 amide bonds. The van der Waals surface area contributed by atoms with Crippen LogP contribution in [0.25, 0.3) is 11.2 Å². The van der Waals surface area contributed by atoms with Gasteiger partial charge in [0.1, 0.15) is 36.6 Å². The summed E-state index contributed by atoms with van der Waals surface area (Å²) in [6.45, 7) is 0.199. The number of ether oxygens (including phenoxy) is 2. The molecule has 0 bridgehead atoms. The summed E-state index contributed by atoms with van der Waals surface area (Å²) in [5.74, 6) is 0. The zero-order valence-electron chi connectivity index (χ0n) is 20.6. The average molecular weight is 618 g/mol. The molecule has 4 rings (SSSR count). The molecule has 2 unspecified atom stereocenters. The van der Waals surface area contributed by atoms with Crippen molar-refractivity contribution in [3.63, 3.8) is 0 Å². The fourth-order valence-electron chi connectivity index (χ4n) is 3.70. The Morgan fingerprint density at radius 1 is 1.00 bits per heavy atom. The quantitative estimate of drug-likeness (QED) is 0.118. The monoisotopic (exact) mass is 618 g/mol. The molecule has 39 heavy (non-hydrogen) atoms. The summed E-state index contributed by atoms with van der Waals surface area (Å²) < 4.78 is 48.3. The number of H-pyrrole nitrogens is 1. The Balaban J connectivity index is 0.00000267. The molecule has 2 aliphatic rings. The van der Waals surface area contributed by atoms with Crippen molar-refractivity contribution >= 4 is 26.8 Å². The normalized spacial score (nSPS) is 35.9. The maximum absolute atomic E-state index is 12.1. The number of aromatic amines is 1. The molecule has 11 atom stereocenters. The van der Waals surface area contributed by atoms with E-state index in [1.54, 1.807) is 0 Å². The second kappa shape index (κ2) is 13.7. The van der Waals surface area contributed by atoms with Crippen LogP contribution in [0.1, 0.15) is 13.2 Å². The molecule has 0 aliphatic carbocycles. The summed E-state index contributed by atoms with van der Waals surface area (Å²) in [6.07, 6.45) is -13.0. The average Bonchev–Trinajstić information content (AvgIpc) is 3.36. The van der Waals surface area contributed by atoms with Crippen LogP contribution in [0.15, 0.2) is 17.4 Å². The van der Waals surface area contributed by atoms with Crippen LogP contribution in [-0.2, 0) is 32.0 Å². The fourth-order valence-corrected chi connectivity index (χ4v) is 5.78. The predicted molar refractivity (Wildman–Crippen MR) is 110 cm³/mol. The first kappa shape index (κ1) is 35.5. The molecule has 6 N–H and O–H groups in total. The van der Waals surface area contributed by atoms with Gasteiger partial charge < -0.3 is 54.3 Å². The Bertz CT molecular complexity index is 1280. The third-order valence-electron chi connectivity index (χ3n) is 5.61. The van der Waals surface area contributed by atoms with Crippen molar-refractivity contribution in [2.45, 2.75) is 62.2 Å².